The quantitative estimate of drug-likeness (QED) is 0.861. The first-order valence-electron chi connectivity index (χ1n) is 7.72. The van der Waals surface area contributed by atoms with Crippen LogP contribution in [0.5, 0.6) is 0 Å². The fraction of sp³-hybridized carbons (Fsp3) is 0.867. The van der Waals surface area contributed by atoms with Crippen LogP contribution in [0.4, 0.5) is 0 Å². The van der Waals surface area contributed by atoms with Crippen LogP contribution in [0.2, 0.25) is 0 Å². The zero-order valence-electron chi connectivity index (χ0n) is 13.3. The molecular weight excluding hydrogens is 302 g/mol. The third kappa shape index (κ3) is 5.18. The average molecular weight is 330 g/mol. The molecule has 4 nitrogen and oxygen atoms in total. The van der Waals surface area contributed by atoms with Crippen LogP contribution in [-0.4, -0.2) is 33.9 Å². The first-order chi connectivity index (χ1) is 10.0. The summed E-state index contributed by atoms with van der Waals surface area (Å²) in [6, 6.07) is 0. The van der Waals surface area contributed by atoms with Crippen molar-refractivity contribution in [3.8, 4) is 0 Å². The van der Waals surface area contributed by atoms with E-state index in [0.29, 0.717) is 11.2 Å². The molecule has 0 aliphatic carbocycles. The van der Waals surface area contributed by atoms with Gasteiger partial charge in [-0.15, -0.1) is 11.8 Å². The molecule has 0 amide bonds. The molecule has 2 atom stereocenters. The molecule has 1 aromatic rings. The van der Waals surface area contributed by atoms with E-state index in [9.17, 15) is 0 Å². The number of rotatable bonds is 6. The van der Waals surface area contributed by atoms with Gasteiger partial charge in [0.05, 0.1) is 5.25 Å². The normalized spacial score (nSPS) is 21.4. The smallest absolute Gasteiger partial charge is 0.226 e. The van der Waals surface area contributed by atoms with Gasteiger partial charge < -0.3 is 10.3 Å². The summed E-state index contributed by atoms with van der Waals surface area (Å²) in [6.45, 7) is 7.58. The Morgan fingerprint density at radius 3 is 2.76 bits per heavy atom. The van der Waals surface area contributed by atoms with Gasteiger partial charge in [0.1, 0.15) is 0 Å². The monoisotopic (exact) mass is 329 g/mol. The van der Waals surface area contributed by atoms with Crippen LogP contribution < -0.4 is 5.73 Å². The van der Waals surface area contributed by atoms with Gasteiger partial charge in [-0.2, -0.15) is 16.7 Å². The van der Waals surface area contributed by atoms with Crippen LogP contribution in [0.1, 0.15) is 50.6 Å². The molecule has 0 radical (unpaired) electrons. The highest BCUT2D eigenvalue weighted by atomic mass is 32.2. The van der Waals surface area contributed by atoms with E-state index >= 15 is 0 Å². The van der Waals surface area contributed by atoms with Gasteiger partial charge in [-0.05, 0) is 30.7 Å². The molecule has 2 rings (SSSR count). The minimum absolute atomic E-state index is 0.276. The summed E-state index contributed by atoms with van der Waals surface area (Å²) in [5, 5.41) is 4.59. The molecule has 21 heavy (non-hydrogen) atoms. The number of aryl methyl sites for hydroxylation is 1. The standard InChI is InChI=1S/C15H27N3OS2/c1-15(2,3)11(6-7-16)4-5-13-17-14(18-19-13)12-10-20-8-9-21-12/h11-12H,4-10,16H2,1-3H3. The average Bonchev–Trinajstić information content (AvgIpc) is 2.92. The first kappa shape index (κ1) is 17.2. The van der Waals surface area contributed by atoms with E-state index in [1.54, 1.807) is 0 Å². The summed E-state index contributed by atoms with van der Waals surface area (Å²) in [5.74, 6) is 5.78. The lowest BCUT2D eigenvalue weighted by Gasteiger charge is -2.30. The molecule has 1 aliphatic rings. The van der Waals surface area contributed by atoms with E-state index in [-0.39, 0.29) is 5.41 Å². The van der Waals surface area contributed by atoms with Crippen molar-refractivity contribution in [3.05, 3.63) is 11.7 Å². The minimum Gasteiger partial charge on any atom is -0.339 e. The summed E-state index contributed by atoms with van der Waals surface area (Å²) in [7, 11) is 0. The Balaban J connectivity index is 1.89. The summed E-state index contributed by atoms with van der Waals surface area (Å²) < 4.78 is 5.44. The second-order valence-corrected chi connectivity index (χ2v) is 9.12. The molecule has 0 saturated carbocycles. The molecule has 1 aromatic heterocycles. The Kier molecular flexibility index (Phi) is 6.44. The predicted molar refractivity (Wildman–Crippen MR) is 91.8 cm³/mol. The SMILES string of the molecule is CC(C)(C)C(CCN)CCc1nc(C2CSCCS2)no1. The lowest BCUT2D eigenvalue weighted by molar-refractivity contribution is 0.208. The fourth-order valence-corrected chi connectivity index (χ4v) is 5.24. The number of nitrogens with two attached hydrogens (primary N) is 1. The van der Waals surface area contributed by atoms with Crippen molar-refractivity contribution >= 4 is 23.5 Å². The van der Waals surface area contributed by atoms with Crippen LogP contribution in [0.15, 0.2) is 4.52 Å². The number of aromatic nitrogens is 2. The van der Waals surface area contributed by atoms with Crippen LogP contribution in [0, 0.1) is 11.3 Å². The van der Waals surface area contributed by atoms with Crippen LogP contribution in [-0.2, 0) is 6.42 Å². The lowest BCUT2D eigenvalue weighted by atomic mass is 9.76. The van der Waals surface area contributed by atoms with Crippen molar-refractivity contribution in [2.75, 3.05) is 23.8 Å². The fourth-order valence-electron chi connectivity index (χ4n) is 2.65. The van der Waals surface area contributed by atoms with Crippen molar-refractivity contribution in [2.24, 2.45) is 17.1 Å². The maximum Gasteiger partial charge on any atom is 0.226 e. The summed E-state index contributed by atoms with van der Waals surface area (Å²) in [4.78, 5) is 4.60. The van der Waals surface area contributed by atoms with Gasteiger partial charge in [0, 0.05) is 23.7 Å². The molecule has 0 bridgehead atoms. The largest absolute Gasteiger partial charge is 0.339 e. The van der Waals surface area contributed by atoms with E-state index in [4.69, 9.17) is 10.3 Å². The van der Waals surface area contributed by atoms with Gasteiger partial charge in [-0.25, -0.2) is 0 Å². The Labute approximate surface area is 136 Å². The minimum atomic E-state index is 0.276. The van der Waals surface area contributed by atoms with Crippen molar-refractivity contribution in [2.45, 2.75) is 45.3 Å². The third-order valence-corrected chi connectivity index (χ3v) is 6.79. The lowest BCUT2D eigenvalue weighted by Crippen LogP contribution is -2.24. The molecule has 120 valence electrons. The molecule has 1 saturated heterocycles. The maximum atomic E-state index is 5.74. The summed E-state index contributed by atoms with van der Waals surface area (Å²) in [6.07, 6.45) is 2.98. The van der Waals surface area contributed by atoms with E-state index in [1.807, 2.05) is 23.5 Å². The van der Waals surface area contributed by atoms with Crippen LogP contribution >= 0.6 is 23.5 Å². The van der Waals surface area contributed by atoms with Crippen molar-refractivity contribution < 1.29 is 4.52 Å². The molecule has 1 fully saturated rings. The van der Waals surface area contributed by atoms with Gasteiger partial charge >= 0.3 is 0 Å². The van der Waals surface area contributed by atoms with Gasteiger partial charge in [0.2, 0.25) is 5.89 Å². The zero-order valence-corrected chi connectivity index (χ0v) is 14.9. The molecule has 0 spiro atoms. The number of nitrogens with zero attached hydrogens (tertiary/aromatic N) is 2. The van der Waals surface area contributed by atoms with Crippen molar-refractivity contribution in [1.29, 1.82) is 0 Å². The Bertz CT molecular complexity index is 425. The molecule has 2 heterocycles. The molecule has 0 aromatic carbocycles. The highest BCUT2D eigenvalue weighted by molar-refractivity contribution is 8.06. The van der Waals surface area contributed by atoms with E-state index in [2.05, 4.69) is 30.9 Å². The van der Waals surface area contributed by atoms with E-state index in [0.717, 1.165) is 43.3 Å². The number of hydrogen-bond acceptors (Lipinski definition) is 6. The van der Waals surface area contributed by atoms with Crippen molar-refractivity contribution in [3.63, 3.8) is 0 Å². The molecule has 6 heteroatoms. The third-order valence-electron chi connectivity index (χ3n) is 4.03. The van der Waals surface area contributed by atoms with E-state index in [1.165, 1.54) is 11.5 Å². The van der Waals surface area contributed by atoms with Gasteiger partial charge in [0.15, 0.2) is 5.82 Å². The van der Waals surface area contributed by atoms with Gasteiger partial charge in [0.25, 0.3) is 0 Å². The highest BCUT2D eigenvalue weighted by Crippen LogP contribution is 2.36. The maximum absolute atomic E-state index is 5.74. The van der Waals surface area contributed by atoms with Gasteiger partial charge in [-0.1, -0.05) is 25.9 Å². The Morgan fingerprint density at radius 1 is 1.33 bits per heavy atom. The van der Waals surface area contributed by atoms with Crippen molar-refractivity contribution in [1.82, 2.24) is 10.1 Å². The molecular formula is C15H27N3OS2. The molecule has 2 N–H and O–H groups in total. The molecule has 1 aliphatic heterocycles. The highest BCUT2D eigenvalue weighted by Gasteiger charge is 2.25. The second-order valence-electron chi connectivity index (χ2n) is 6.66. The van der Waals surface area contributed by atoms with Crippen LogP contribution in [0.25, 0.3) is 0 Å². The van der Waals surface area contributed by atoms with Gasteiger partial charge in [-0.3, -0.25) is 0 Å². The van der Waals surface area contributed by atoms with Crippen LogP contribution in [0.3, 0.4) is 0 Å². The number of thioether (sulfide) groups is 2. The zero-order chi connectivity index (χ0) is 15.3. The first-order valence-corrected chi connectivity index (χ1v) is 9.93. The Hall–Kier alpha value is -0.200. The second kappa shape index (κ2) is 7.88. The summed E-state index contributed by atoms with van der Waals surface area (Å²) in [5.41, 5.74) is 6.02. The molecule has 2 unspecified atom stereocenters. The Morgan fingerprint density at radius 2 is 2.14 bits per heavy atom. The summed E-state index contributed by atoms with van der Waals surface area (Å²) >= 11 is 3.92. The number of hydrogen-bond donors (Lipinski definition) is 1. The topological polar surface area (TPSA) is 64.9 Å². The van der Waals surface area contributed by atoms with E-state index < -0.39 is 0 Å². The predicted octanol–water partition coefficient (Wildman–Crippen LogP) is 3.53.